The highest BCUT2D eigenvalue weighted by Gasteiger charge is 2.15. The van der Waals surface area contributed by atoms with Crippen molar-refractivity contribution in [1.82, 2.24) is 15.1 Å². The monoisotopic (exact) mass is 528 g/mol. The molecule has 0 saturated carbocycles. The lowest BCUT2D eigenvalue weighted by atomic mass is 10.1. The Morgan fingerprint density at radius 2 is 1.57 bits per heavy atom. The molecule has 1 heterocycles. The van der Waals surface area contributed by atoms with Gasteiger partial charge in [0.25, 0.3) is 5.91 Å². The number of carbonyl (C=O) groups excluding carboxylic acids is 1. The van der Waals surface area contributed by atoms with E-state index in [0.29, 0.717) is 30.2 Å². The summed E-state index contributed by atoms with van der Waals surface area (Å²) < 4.78 is 20.7. The summed E-state index contributed by atoms with van der Waals surface area (Å²) in [6.45, 7) is 0.619. The third-order valence-electron chi connectivity index (χ3n) is 6.17. The normalized spacial score (nSPS) is 11.1. The average molecular weight is 529 g/mol. The number of hydrogen-bond donors (Lipinski definition) is 1. The second-order valence-electron chi connectivity index (χ2n) is 8.99. The molecule has 1 aromatic heterocycles. The van der Waals surface area contributed by atoms with Crippen molar-refractivity contribution in [3.63, 3.8) is 0 Å². The van der Waals surface area contributed by atoms with Gasteiger partial charge in [0.1, 0.15) is 29.8 Å². The number of nitriles is 1. The molecule has 0 unspecified atom stereocenters. The van der Waals surface area contributed by atoms with Gasteiger partial charge in [0.15, 0.2) is 0 Å². The summed E-state index contributed by atoms with van der Waals surface area (Å²) >= 11 is 0. The molecular formula is C33H25FN4O2. The fourth-order valence-electron chi connectivity index (χ4n) is 4.06. The van der Waals surface area contributed by atoms with Crippen LogP contribution in [0.25, 0.3) is 23.0 Å². The van der Waals surface area contributed by atoms with Gasteiger partial charge in [-0.2, -0.15) is 10.4 Å². The third-order valence-corrected chi connectivity index (χ3v) is 6.17. The van der Waals surface area contributed by atoms with E-state index in [9.17, 15) is 14.4 Å². The van der Waals surface area contributed by atoms with E-state index in [-0.39, 0.29) is 11.4 Å². The van der Waals surface area contributed by atoms with Gasteiger partial charge in [-0.3, -0.25) is 4.79 Å². The highest BCUT2D eigenvalue weighted by atomic mass is 19.1. The molecule has 0 aliphatic carbocycles. The molecule has 6 nitrogen and oxygen atoms in total. The maximum atomic E-state index is 13.2. The molecule has 0 aliphatic rings. The fraction of sp³-hybridized carbons (Fsp3) is 0.0606. The number of para-hydroxylation sites is 1. The number of hydrogen-bond acceptors (Lipinski definition) is 4. The van der Waals surface area contributed by atoms with Crippen LogP contribution in [0.3, 0.4) is 0 Å². The zero-order valence-corrected chi connectivity index (χ0v) is 21.5. The minimum Gasteiger partial charge on any atom is -0.489 e. The van der Waals surface area contributed by atoms with Gasteiger partial charge in [0.05, 0.1) is 11.4 Å². The van der Waals surface area contributed by atoms with E-state index in [1.807, 2.05) is 91.0 Å². The van der Waals surface area contributed by atoms with Crippen molar-refractivity contribution in [3.05, 3.63) is 143 Å². The van der Waals surface area contributed by atoms with Gasteiger partial charge < -0.3 is 10.1 Å². The van der Waals surface area contributed by atoms with E-state index in [1.54, 1.807) is 29.1 Å². The van der Waals surface area contributed by atoms with E-state index < -0.39 is 5.91 Å². The maximum absolute atomic E-state index is 13.2. The van der Waals surface area contributed by atoms with E-state index in [0.717, 1.165) is 22.4 Å². The van der Waals surface area contributed by atoms with Gasteiger partial charge in [-0.05, 0) is 65.7 Å². The highest BCUT2D eigenvalue weighted by Crippen LogP contribution is 2.28. The van der Waals surface area contributed by atoms with E-state index >= 15 is 0 Å². The second kappa shape index (κ2) is 12.4. The summed E-state index contributed by atoms with van der Waals surface area (Å²) in [5.74, 6) is -0.110. The Kier molecular flexibility index (Phi) is 8.09. The Balaban J connectivity index is 1.40. The summed E-state index contributed by atoms with van der Waals surface area (Å²) in [5.41, 5.74) is 4.63. The number of ether oxygens (including phenoxy) is 1. The first-order chi connectivity index (χ1) is 19.6. The van der Waals surface area contributed by atoms with Crippen molar-refractivity contribution in [2.24, 2.45) is 0 Å². The first-order valence-corrected chi connectivity index (χ1v) is 12.7. The number of amides is 1. The van der Waals surface area contributed by atoms with Crippen molar-refractivity contribution in [2.45, 2.75) is 13.2 Å². The van der Waals surface area contributed by atoms with Crippen LogP contribution in [0.4, 0.5) is 4.39 Å². The Morgan fingerprint density at radius 1 is 0.900 bits per heavy atom. The molecule has 7 heteroatoms. The van der Waals surface area contributed by atoms with Crippen LogP contribution in [0.2, 0.25) is 0 Å². The molecule has 0 fully saturated rings. The smallest absolute Gasteiger partial charge is 0.262 e. The Labute approximate surface area is 231 Å². The van der Waals surface area contributed by atoms with Gasteiger partial charge in [-0.25, -0.2) is 9.07 Å². The van der Waals surface area contributed by atoms with E-state index in [1.165, 1.54) is 12.1 Å². The van der Waals surface area contributed by atoms with Gasteiger partial charge >= 0.3 is 0 Å². The molecule has 5 rings (SSSR count). The largest absolute Gasteiger partial charge is 0.489 e. The molecule has 1 N–H and O–H groups in total. The Morgan fingerprint density at radius 3 is 2.25 bits per heavy atom. The summed E-state index contributed by atoms with van der Waals surface area (Å²) in [7, 11) is 0. The molecule has 40 heavy (non-hydrogen) atoms. The summed E-state index contributed by atoms with van der Waals surface area (Å²) in [6, 6.07) is 34.7. The minimum atomic E-state index is -0.464. The van der Waals surface area contributed by atoms with Crippen LogP contribution in [0.15, 0.2) is 121 Å². The van der Waals surface area contributed by atoms with Crippen LogP contribution >= 0.6 is 0 Å². The van der Waals surface area contributed by atoms with Crippen LogP contribution in [-0.4, -0.2) is 15.7 Å². The number of benzene rings is 4. The molecular weight excluding hydrogens is 503 g/mol. The molecule has 0 radical (unpaired) electrons. The summed E-state index contributed by atoms with van der Waals surface area (Å²) in [6.07, 6.45) is 3.35. The maximum Gasteiger partial charge on any atom is 0.262 e. The zero-order valence-electron chi connectivity index (χ0n) is 21.5. The van der Waals surface area contributed by atoms with E-state index in [2.05, 4.69) is 5.32 Å². The quantitative estimate of drug-likeness (QED) is 0.175. The average Bonchev–Trinajstić information content (AvgIpc) is 3.43. The Bertz CT molecular complexity index is 1650. The predicted molar refractivity (Wildman–Crippen MR) is 152 cm³/mol. The molecule has 0 bridgehead atoms. The van der Waals surface area contributed by atoms with Crippen LogP contribution in [0.1, 0.15) is 16.7 Å². The highest BCUT2D eigenvalue weighted by molar-refractivity contribution is 6.02. The predicted octanol–water partition coefficient (Wildman–Crippen LogP) is 6.48. The molecule has 0 spiro atoms. The SMILES string of the molecule is N#C/C(=C/c1cn(-c2ccccc2)nc1-c1ccc(OCc2ccc(F)cc2)cc1)C(=O)NCc1ccccc1. The fourth-order valence-corrected chi connectivity index (χ4v) is 4.06. The standard InChI is InChI=1S/C33H25FN4O2/c34-29-15-11-25(12-16-29)23-40-31-17-13-26(14-18-31)32-28(22-38(37-32)30-9-5-2-6-10-30)19-27(20-35)33(39)36-21-24-7-3-1-4-8-24/h1-19,22H,21,23H2,(H,36,39)/b27-19-. The first-order valence-electron chi connectivity index (χ1n) is 12.7. The van der Waals surface area contributed by atoms with Crippen LogP contribution < -0.4 is 10.1 Å². The topological polar surface area (TPSA) is 79.9 Å². The molecule has 4 aromatic carbocycles. The number of nitrogens with zero attached hydrogens (tertiary/aromatic N) is 3. The van der Waals surface area contributed by atoms with Crippen molar-refractivity contribution in [1.29, 1.82) is 5.26 Å². The van der Waals surface area contributed by atoms with Gasteiger partial charge in [-0.1, -0.05) is 60.7 Å². The van der Waals surface area contributed by atoms with Crippen LogP contribution in [-0.2, 0) is 17.9 Å². The number of aromatic nitrogens is 2. The van der Waals surface area contributed by atoms with Crippen molar-refractivity contribution >= 4 is 12.0 Å². The van der Waals surface area contributed by atoms with Crippen molar-refractivity contribution in [2.75, 3.05) is 0 Å². The molecule has 0 aliphatic heterocycles. The molecule has 0 saturated heterocycles. The molecule has 0 atom stereocenters. The Hall–Kier alpha value is -5.48. The van der Waals surface area contributed by atoms with Gasteiger partial charge in [0.2, 0.25) is 0 Å². The summed E-state index contributed by atoms with van der Waals surface area (Å²) in [4.78, 5) is 12.9. The first kappa shape index (κ1) is 26.1. The number of carbonyl (C=O) groups is 1. The lowest BCUT2D eigenvalue weighted by molar-refractivity contribution is -0.117. The second-order valence-corrected chi connectivity index (χ2v) is 8.99. The minimum absolute atomic E-state index is 0.0240. The van der Waals surface area contributed by atoms with Crippen LogP contribution in [0.5, 0.6) is 5.75 Å². The van der Waals surface area contributed by atoms with Crippen molar-refractivity contribution in [3.8, 4) is 28.8 Å². The van der Waals surface area contributed by atoms with E-state index in [4.69, 9.17) is 9.84 Å². The zero-order chi connectivity index (χ0) is 27.7. The lowest BCUT2D eigenvalue weighted by Crippen LogP contribution is -2.23. The van der Waals surface area contributed by atoms with Gasteiger partial charge in [0, 0.05) is 23.9 Å². The van der Waals surface area contributed by atoms with Crippen LogP contribution in [0, 0.1) is 17.1 Å². The van der Waals surface area contributed by atoms with Crippen molar-refractivity contribution < 1.29 is 13.9 Å². The molecule has 5 aromatic rings. The number of nitrogens with one attached hydrogen (secondary N) is 1. The summed E-state index contributed by atoms with van der Waals surface area (Å²) in [5, 5.41) is 17.4. The third kappa shape index (κ3) is 6.50. The number of halogens is 1. The lowest BCUT2D eigenvalue weighted by Gasteiger charge is -2.07. The molecule has 1 amide bonds. The van der Waals surface area contributed by atoms with Gasteiger partial charge in [-0.15, -0.1) is 0 Å². The number of rotatable bonds is 9. The molecule has 196 valence electrons.